The summed E-state index contributed by atoms with van der Waals surface area (Å²) >= 11 is 0. The molecule has 0 radical (unpaired) electrons. The van der Waals surface area contributed by atoms with Crippen molar-refractivity contribution in [2.75, 3.05) is 30.2 Å². The van der Waals surface area contributed by atoms with Gasteiger partial charge in [-0.2, -0.15) is 4.98 Å². The number of likely N-dealkylation sites (N-methyl/N-ethyl adjacent to an activating group) is 1. The van der Waals surface area contributed by atoms with Crippen molar-refractivity contribution in [2.45, 2.75) is 24.1 Å². The van der Waals surface area contributed by atoms with Crippen molar-refractivity contribution in [2.24, 2.45) is 7.05 Å². The van der Waals surface area contributed by atoms with Crippen LogP contribution in [0.3, 0.4) is 0 Å². The molecule has 2 aliphatic rings. The lowest BCUT2D eigenvalue weighted by molar-refractivity contribution is 0.411. The normalized spacial score (nSPS) is 19.9. The third kappa shape index (κ3) is 4.62. The first-order valence-electron chi connectivity index (χ1n) is 13.8. The number of nitrogens with one attached hydrogen (secondary N) is 2. The van der Waals surface area contributed by atoms with Gasteiger partial charge in [0.25, 0.3) is 15.6 Å². The Balaban J connectivity index is 1.33. The number of likely N-dealkylation sites (tertiary alicyclic amines) is 1. The number of nitrogens with zero attached hydrogens (tertiary/aromatic N) is 6. The average Bonchev–Trinajstić information content (AvgIpc) is 3.60. The predicted molar refractivity (Wildman–Crippen MR) is 162 cm³/mol. The third-order valence-corrected chi connectivity index (χ3v) is 9.77. The van der Waals surface area contributed by atoms with Gasteiger partial charge in [-0.15, -0.1) is 0 Å². The van der Waals surface area contributed by atoms with Crippen molar-refractivity contribution < 1.29 is 8.42 Å². The summed E-state index contributed by atoms with van der Waals surface area (Å²) < 4.78 is 32.8. The van der Waals surface area contributed by atoms with E-state index < -0.39 is 21.0 Å². The minimum atomic E-state index is -3.99. The van der Waals surface area contributed by atoms with E-state index in [1.165, 1.54) is 10.1 Å². The van der Waals surface area contributed by atoms with Gasteiger partial charge < -0.3 is 14.8 Å². The molecular weight excluding hydrogens is 552 g/mol. The Hall–Kier alpha value is -4.55. The Morgan fingerprint density at radius 3 is 2.60 bits per heavy atom. The van der Waals surface area contributed by atoms with Gasteiger partial charge in [0, 0.05) is 49.7 Å². The number of benzene rings is 2. The van der Waals surface area contributed by atoms with Crippen LogP contribution in [-0.4, -0.2) is 57.5 Å². The molecule has 5 heterocycles. The van der Waals surface area contributed by atoms with Crippen LogP contribution >= 0.6 is 0 Å². The molecule has 5 aromatic rings. The van der Waals surface area contributed by atoms with Crippen molar-refractivity contribution in [1.29, 1.82) is 0 Å². The number of sulfonamides is 1. The standard InChI is InChI=1S/C30H30N8O3S/c1-36-13-11-21(18-36)19-7-9-23(10-8-19)33-30-32-17-22-15-24(28-31-12-14-37(28)2)29(39)38(27(22)34-30)26-16-20-5-3-4-6-25(20)35-42(26,40)41/h3-10,12,14-15,17,21,26,35H,11,13,16,18H2,1-2H3,(H,32,33,34). The summed E-state index contributed by atoms with van der Waals surface area (Å²) in [5.41, 5.74) is 3.37. The first kappa shape index (κ1) is 26.4. The predicted octanol–water partition coefficient (Wildman–Crippen LogP) is 3.85. The van der Waals surface area contributed by atoms with E-state index in [1.807, 2.05) is 24.3 Å². The quantitative estimate of drug-likeness (QED) is 0.320. The van der Waals surface area contributed by atoms with E-state index in [4.69, 9.17) is 4.98 Å². The third-order valence-electron chi connectivity index (χ3n) is 8.18. The van der Waals surface area contributed by atoms with Crippen molar-refractivity contribution >= 4 is 38.4 Å². The second-order valence-electron chi connectivity index (χ2n) is 11.0. The largest absolute Gasteiger partial charge is 0.334 e. The van der Waals surface area contributed by atoms with Crippen LogP contribution in [0.4, 0.5) is 17.3 Å². The molecule has 0 spiro atoms. The van der Waals surface area contributed by atoms with Gasteiger partial charge in [0.2, 0.25) is 5.95 Å². The fourth-order valence-electron chi connectivity index (χ4n) is 5.95. The summed E-state index contributed by atoms with van der Waals surface area (Å²) in [5, 5.41) is 2.52. The van der Waals surface area contributed by atoms with Crippen molar-refractivity contribution in [3.63, 3.8) is 0 Å². The van der Waals surface area contributed by atoms with Crippen LogP contribution in [0.15, 0.2) is 78.0 Å². The van der Waals surface area contributed by atoms with E-state index in [-0.39, 0.29) is 23.6 Å². The SMILES string of the molecule is CN1CCC(c2ccc(Nc3ncc4cc(-c5nccn5C)c(=O)n(C5Cc6ccccc6NS5(=O)=O)c4n3)cc2)C1. The zero-order valence-electron chi connectivity index (χ0n) is 23.2. The van der Waals surface area contributed by atoms with Crippen molar-refractivity contribution in [1.82, 2.24) is 29.0 Å². The number of aryl methyl sites for hydroxylation is 1. The lowest BCUT2D eigenvalue weighted by Crippen LogP contribution is -2.38. The molecule has 214 valence electrons. The first-order valence-corrected chi connectivity index (χ1v) is 15.4. The first-order chi connectivity index (χ1) is 20.3. The van der Waals surface area contributed by atoms with Gasteiger partial charge in [-0.3, -0.25) is 14.1 Å². The zero-order chi connectivity index (χ0) is 29.0. The summed E-state index contributed by atoms with van der Waals surface area (Å²) in [6.07, 6.45) is 6.18. The molecule has 11 nitrogen and oxygen atoms in total. The lowest BCUT2D eigenvalue weighted by atomic mass is 9.98. The zero-order valence-corrected chi connectivity index (χ0v) is 24.0. The van der Waals surface area contributed by atoms with Crippen LogP contribution in [0.1, 0.15) is 28.8 Å². The minimum absolute atomic E-state index is 0.106. The molecule has 0 saturated carbocycles. The molecule has 2 N–H and O–H groups in total. The number of pyridine rings is 1. The number of imidazole rings is 1. The van der Waals surface area contributed by atoms with Crippen LogP contribution in [0.25, 0.3) is 22.4 Å². The van der Waals surface area contributed by atoms with E-state index in [0.717, 1.165) is 30.8 Å². The number of hydrogen-bond acceptors (Lipinski definition) is 8. The van der Waals surface area contributed by atoms with Gasteiger partial charge in [0.15, 0.2) is 5.37 Å². The molecule has 2 aliphatic heterocycles. The Morgan fingerprint density at radius 2 is 1.86 bits per heavy atom. The Bertz CT molecular complexity index is 1980. The van der Waals surface area contributed by atoms with E-state index >= 15 is 0 Å². The van der Waals surface area contributed by atoms with E-state index in [2.05, 4.69) is 44.1 Å². The number of aromatic nitrogens is 5. The fourth-order valence-corrected chi connectivity index (χ4v) is 7.47. The summed E-state index contributed by atoms with van der Waals surface area (Å²) in [6.45, 7) is 2.14. The van der Waals surface area contributed by atoms with Gasteiger partial charge >= 0.3 is 0 Å². The summed E-state index contributed by atoms with van der Waals surface area (Å²) in [4.78, 5) is 30.0. The average molecular weight is 583 g/mol. The Morgan fingerprint density at radius 1 is 1.05 bits per heavy atom. The molecule has 42 heavy (non-hydrogen) atoms. The summed E-state index contributed by atoms with van der Waals surface area (Å²) in [7, 11) is -0.0657. The Kier molecular flexibility index (Phi) is 6.32. The van der Waals surface area contributed by atoms with Crippen molar-refractivity contribution in [3.8, 4) is 11.4 Å². The van der Waals surface area contributed by atoms with E-state index in [0.29, 0.717) is 22.8 Å². The molecule has 1 fully saturated rings. The number of para-hydroxylation sites is 1. The van der Waals surface area contributed by atoms with Gasteiger partial charge in [-0.05, 0) is 61.3 Å². The highest BCUT2D eigenvalue weighted by Gasteiger charge is 2.36. The summed E-state index contributed by atoms with van der Waals surface area (Å²) in [5.74, 6) is 1.20. The maximum Gasteiger partial charge on any atom is 0.264 e. The molecule has 1 saturated heterocycles. The van der Waals surface area contributed by atoms with Gasteiger partial charge in [-0.25, -0.2) is 18.4 Å². The van der Waals surface area contributed by atoms with Crippen LogP contribution < -0.4 is 15.6 Å². The highest BCUT2D eigenvalue weighted by atomic mass is 32.2. The number of rotatable bonds is 5. The van der Waals surface area contributed by atoms with Crippen LogP contribution in [0.2, 0.25) is 0 Å². The molecule has 2 aromatic carbocycles. The molecule has 12 heteroatoms. The Labute approximate surface area is 242 Å². The molecule has 0 amide bonds. The molecule has 2 unspecified atom stereocenters. The maximum absolute atomic E-state index is 14.1. The topological polar surface area (TPSA) is 127 Å². The van der Waals surface area contributed by atoms with Gasteiger partial charge in [0.1, 0.15) is 11.5 Å². The number of anilines is 3. The van der Waals surface area contributed by atoms with Crippen molar-refractivity contribution in [3.05, 3.63) is 94.7 Å². The lowest BCUT2D eigenvalue weighted by Gasteiger charge is -2.28. The summed E-state index contributed by atoms with van der Waals surface area (Å²) in [6, 6.07) is 17.1. The highest BCUT2D eigenvalue weighted by molar-refractivity contribution is 7.92. The molecule has 2 atom stereocenters. The number of hydrogen-bond donors (Lipinski definition) is 2. The molecule has 0 bridgehead atoms. The minimum Gasteiger partial charge on any atom is -0.334 e. The smallest absolute Gasteiger partial charge is 0.264 e. The highest BCUT2D eigenvalue weighted by Crippen LogP contribution is 2.34. The maximum atomic E-state index is 14.1. The second kappa shape index (κ2) is 10.1. The van der Waals surface area contributed by atoms with Crippen LogP contribution in [0.5, 0.6) is 0 Å². The molecule has 7 rings (SSSR count). The van der Waals surface area contributed by atoms with Gasteiger partial charge in [-0.1, -0.05) is 30.3 Å². The molecular formula is C30H30N8O3S. The van der Waals surface area contributed by atoms with Gasteiger partial charge in [0.05, 0.1) is 11.3 Å². The van der Waals surface area contributed by atoms with Crippen LogP contribution in [0, 0.1) is 0 Å². The van der Waals surface area contributed by atoms with E-state index in [1.54, 1.807) is 48.4 Å². The van der Waals surface area contributed by atoms with E-state index in [9.17, 15) is 13.2 Å². The fraction of sp³-hybridized carbons (Fsp3) is 0.267. The molecule has 0 aliphatic carbocycles. The second-order valence-corrected chi connectivity index (χ2v) is 12.9. The monoisotopic (exact) mass is 582 g/mol. The number of fused-ring (bicyclic) bond motifs is 2. The molecule has 3 aromatic heterocycles. The van der Waals surface area contributed by atoms with Crippen LogP contribution in [-0.2, 0) is 23.5 Å².